The van der Waals surface area contributed by atoms with Crippen molar-refractivity contribution in [3.05, 3.63) is 48.5 Å². The Hall–Kier alpha value is -2.72. The molecule has 0 aliphatic rings. The fraction of sp³-hybridized carbons (Fsp3) is 0.222. The normalized spacial score (nSPS) is 11.6. The lowest BCUT2D eigenvalue weighted by Crippen LogP contribution is -2.18. The van der Waals surface area contributed by atoms with Crippen LogP contribution in [-0.2, 0) is 29.3 Å². The molecule has 0 radical (unpaired) electrons. The van der Waals surface area contributed by atoms with Crippen molar-refractivity contribution in [3.63, 3.8) is 0 Å². The lowest BCUT2D eigenvalue weighted by Gasteiger charge is -2.08. The van der Waals surface area contributed by atoms with Crippen LogP contribution in [0.3, 0.4) is 0 Å². The van der Waals surface area contributed by atoms with Crippen molar-refractivity contribution >= 4 is 42.9 Å². The maximum Gasteiger partial charge on any atom is 0.221 e. The number of carbonyl (C=O) groups excluding carboxylic acids is 2. The minimum Gasteiger partial charge on any atom is -0.326 e. The Kier molecular flexibility index (Phi) is 6.57. The topological polar surface area (TPSA) is 126 Å². The first-order valence-electron chi connectivity index (χ1n) is 8.20. The molecular weight excluding hydrogens is 404 g/mol. The van der Waals surface area contributed by atoms with Crippen LogP contribution in [-0.4, -0.2) is 40.2 Å². The monoisotopic (exact) mass is 424 g/mol. The van der Waals surface area contributed by atoms with Crippen LogP contribution < -0.4 is 10.6 Å². The van der Waals surface area contributed by atoms with E-state index in [0.29, 0.717) is 11.4 Å². The summed E-state index contributed by atoms with van der Waals surface area (Å²) < 4.78 is 49.7. The average Bonchev–Trinajstić information content (AvgIpc) is 2.60. The highest BCUT2D eigenvalue weighted by Gasteiger charge is 2.21. The minimum absolute atomic E-state index is 0.0298. The van der Waals surface area contributed by atoms with Gasteiger partial charge in [0.25, 0.3) is 0 Å². The van der Waals surface area contributed by atoms with E-state index in [0.717, 1.165) is 0 Å². The van der Waals surface area contributed by atoms with E-state index in [1.807, 2.05) is 0 Å². The van der Waals surface area contributed by atoms with E-state index in [9.17, 15) is 26.4 Å². The number of anilines is 2. The third-order valence-electron chi connectivity index (χ3n) is 3.69. The van der Waals surface area contributed by atoms with Gasteiger partial charge in [-0.25, -0.2) is 16.8 Å². The van der Waals surface area contributed by atoms with Gasteiger partial charge in [-0.15, -0.1) is 0 Å². The molecule has 28 heavy (non-hydrogen) atoms. The summed E-state index contributed by atoms with van der Waals surface area (Å²) in [4.78, 5) is 21.9. The fourth-order valence-corrected chi connectivity index (χ4v) is 5.68. The zero-order valence-electron chi connectivity index (χ0n) is 15.3. The molecule has 0 saturated heterocycles. The van der Waals surface area contributed by atoms with Gasteiger partial charge in [-0.3, -0.25) is 9.59 Å². The number of hydrogen-bond acceptors (Lipinski definition) is 6. The molecule has 2 N–H and O–H groups in total. The first kappa shape index (κ1) is 21.6. The molecule has 0 aliphatic carbocycles. The zero-order valence-corrected chi connectivity index (χ0v) is 16.9. The van der Waals surface area contributed by atoms with Crippen LogP contribution in [0.15, 0.2) is 58.3 Å². The Balaban J connectivity index is 2.10. The van der Waals surface area contributed by atoms with Crippen molar-refractivity contribution in [1.29, 1.82) is 0 Å². The summed E-state index contributed by atoms with van der Waals surface area (Å²) >= 11 is 0. The average molecular weight is 425 g/mol. The number of rotatable bonds is 7. The molecule has 2 aromatic rings. The minimum atomic E-state index is -3.82. The summed E-state index contributed by atoms with van der Waals surface area (Å²) in [7, 11) is -7.64. The predicted molar refractivity (Wildman–Crippen MR) is 106 cm³/mol. The predicted octanol–water partition coefficient (Wildman–Crippen LogP) is 1.85. The van der Waals surface area contributed by atoms with E-state index in [1.165, 1.54) is 62.4 Å². The molecule has 0 spiro atoms. The van der Waals surface area contributed by atoms with Gasteiger partial charge in [0.05, 0.1) is 21.3 Å². The van der Waals surface area contributed by atoms with Crippen LogP contribution >= 0.6 is 0 Å². The Morgan fingerprint density at radius 3 is 1.18 bits per heavy atom. The van der Waals surface area contributed by atoms with Gasteiger partial charge in [-0.2, -0.15) is 0 Å². The second-order valence-electron chi connectivity index (χ2n) is 6.05. The first-order chi connectivity index (χ1) is 13.0. The van der Waals surface area contributed by atoms with Crippen molar-refractivity contribution in [3.8, 4) is 0 Å². The number of sulfone groups is 2. The third-order valence-corrected chi connectivity index (χ3v) is 7.41. The molecule has 0 unspecified atom stereocenters. The number of amides is 2. The second-order valence-corrected chi connectivity index (χ2v) is 10.3. The van der Waals surface area contributed by atoms with Crippen LogP contribution in [0, 0.1) is 0 Å². The van der Waals surface area contributed by atoms with Gasteiger partial charge in [0.2, 0.25) is 11.8 Å². The highest BCUT2D eigenvalue weighted by atomic mass is 32.2. The molecule has 2 rings (SSSR count). The van der Waals surface area contributed by atoms with Gasteiger partial charge in [0, 0.05) is 25.2 Å². The number of hydrogen-bond donors (Lipinski definition) is 2. The van der Waals surface area contributed by atoms with Gasteiger partial charge in [0.15, 0.2) is 19.7 Å². The Morgan fingerprint density at radius 1 is 0.643 bits per heavy atom. The van der Waals surface area contributed by atoms with Crippen LogP contribution in [0.25, 0.3) is 0 Å². The highest BCUT2D eigenvalue weighted by Crippen LogP contribution is 2.19. The van der Waals surface area contributed by atoms with Gasteiger partial charge in [0.1, 0.15) is 0 Å². The molecule has 10 heteroatoms. The quantitative estimate of drug-likeness (QED) is 0.698. The number of benzene rings is 2. The summed E-state index contributed by atoms with van der Waals surface area (Å²) in [5.74, 6) is -1.73. The molecule has 2 amide bonds. The fourth-order valence-electron chi connectivity index (χ4n) is 2.35. The summed E-state index contributed by atoms with van der Waals surface area (Å²) in [5, 5.41) is 5.04. The molecule has 0 atom stereocenters. The Labute approximate surface area is 163 Å². The Bertz CT molecular complexity index is 984. The van der Waals surface area contributed by atoms with Crippen molar-refractivity contribution in [1.82, 2.24) is 0 Å². The molecule has 8 nitrogen and oxygen atoms in total. The number of nitrogens with one attached hydrogen (secondary N) is 2. The van der Waals surface area contributed by atoms with E-state index >= 15 is 0 Å². The van der Waals surface area contributed by atoms with Crippen molar-refractivity contribution in [2.24, 2.45) is 0 Å². The molecule has 150 valence electrons. The van der Waals surface area contributed by atoms with Crippen LogP contribution in [0.2, 0.25) is 0 Å². The van der Waals surface area contributed by atoms with Gasteiger partial charge >= 0.3 is 0 Å². The van der Waals surface area contributed by atoms with Crippen molar-refractivity contribution in [2.45, 2.75) is 23.6 Å². The zero-order chi connectivity index (χ0) is 20.9. The van der Waals surface area contributed by atoms with E-state index < -0.39 is 31.2 Å². The standard InChI is InChI=1S/C18H20N2O6S2/c1-13(21)19-15-3-7-17(8-4-15)27(23,24)11-12-28(25,26)18-9-5-16(6-10-18)20-14(2)22/h3-10H,11-12H2,1-2H3,(H,19,21)(H,20,22). The van der Waals surface area contributed by atoms with E-state index in [-0.39, 0.29) is 21.6 Å². The molecule has 0 aliphatic heterocycles. The SMILES string of the molecule is CC(=O)Nc1ccc(S(=O)(=O)CCS(=O)(=O)c2ccc(NC(C)=O)cc2)cc1. The smallest absolute Gasteiger partial charge is 0.221 e. The highest BCUT2D eigenvalue weighted by molar-refractivity contribution is 7.95. The lowest BCUT2D eigenvalue weighted by molar-refractivity contribution is -0.115. The largest absolute Gasteiger partial charge is 0.326 e. The molecule has 0 fully saturated rings. The van der Waals surface area contributed by atoms with E-state index in [4.69, 9.17) is 0 Å². The van der Waals surface area contributed by atoms with E-state index in [1.54, 1.807) is 0 Å². The maximum atomic E-state index is 12.4. The van der Waals surface area contributed by atoms with Crippen molar-refractivity contribution in [2.75, 3.05) is 22.1 Å². The molecule has 0 aromatic heterocycles. The first-order valence-corrected chi connectivity index (χ1v) is 11.5. The van der Waals surface area contributed by atoms with Crippen molar-refractivity contribution < 1.29 is 26.4 Å². The lowest BCUT2D eigenvalue weighted by atomic mass is 10.3. The van der Waals surface area contributed by atoms with Gasteiger partial charge < -0.3 is 10.6 Å². The van der Waals surface area contributed by atoms with Crippen LogP contribution in [0.5, 0.6) is 0 Å². The van der Waals surface area contributed by atoms with Gasteiger partial charge in [-0.1, -0.05) is 0 Å². The Morgan fingerprint density at radius 2 is 0.929 bits per heavy atom. The maximum absolute atomic E-state index is 12.4. The molecule has 2 aromatic carbocycles. The van der Waals surface area contributed by atoms with E-state index in [2.05, 4.69) is 10.6 Å². The molecule has 0 saturated carbocycles. The summed E-state index contributed by atoms with van der Waals surface area (Å²) in [6.07, 6.45) is 0. The van der Waals surface area contributed by atoms with Crippen LogP contribution in [0.4, 0.5) is 11.4 Å². The van der Waals surface area contributed by atoms with Gasteiger partial charge in [-0.05, 0) is 48.5 Å². The molecule has 0 heterocycles. The summed E-state index contributed by atoms with van der Waals surface area (Å²) in [6.45, 7) is 2.66. The summed E-state index contributed by atoms with van der Waals surface area (Å²) in [5.41, 5.74) is 0.886. The third kappa shape index (κ3) is 5.89. The molecular formula is C18H20N2O6S2. The summed E-state index contributed by atoms with van der Waals surface area (Å²) in [6, 6.07) is 11.0. The second kappa shape index (κ2) is 8.53. The number of carbonyl (C=O) groups is 2. The molecule has 0 bridgehead atoms. The van der Waals surface area contributed by atoms with Crippen LogP contribution in [0.1, 0.15) is 13.8 Å².